The molecule has 0 bridgehead atoms. The molecule has 0 fully saturated rings. The molecule has 1 aromatic heterocycles. The highest BCUT2D eigenvalue weighted by atomic mass is 16.1. The van der Waals surface area contributed by atoms with E-state index in [0.717, 1.165) is 5.56 Å². The van der Waals surface area contributed by atoms with Crippen molar-refractivity contribution in [3.8, 4) is 0 Å². The van der Waals surface area contributed by atoms with Gasteiger partial charge in [-0.3, -0.25) is 4.79 Å². The Hall–Kier alpha value is -1.89. The quantitative estimate of drug-likeness (QED) is 0.459. The summed E-state index contributed by atoms with van der Waals surface area (Å²) in [6.07, 6.45) is 0.250. The second-order valence-electron chi connectivity index (χ2n) is 5.41. The Morgan fingerprint density at radius 1 is 1.26 bits per heavy atom. The minimum absolute atomic E-state index is 0.195. The Labute approximate surface area is 113 Å². The number of carbonyl (C=O) groups excluding carboxylic acids is 1. The number of rotatable bonds is 5. The van der Waals surface area contributed by atoms with Crippen LogP contribution in [-0.2, 0) is 10.2 Å². The van der Waals surface area contributed by atoms with E-state index >= 15 is 0 Å². The van der Waals surface area contributed by atoms with Gasteiger partial charge < -0.3 is 16.5 Å². The first-order chi connectivity index (χ1) is 8.75. The molecule has 1 rings (SSSR count). The number of nitrogen functional groups attached to an aromatic ring is 1. The second kappa shape index (κ2) is 5.83. The molecule has 1 amide bonds. The summed E-state index contributed by atoms with van der Waals surface area (Å²) in [4.78, 5) is 19.6. The molecule has 0 spiro atoms. The van der Waals surface area contributed by atoms with Crippen LogP contribution in [0.1, 0.15) is 38.6 Å². The van der Waals surface area contributed by atoms with E-state index in [1.54, 1.807) is 0 Å². The first-order valence-electron chi connectivity index (χ1n) is 6.13. The zero-order chi connectivity index (χ0) is 14.6. The van der Waals surface area contributed by atoms with Gasteiger partial charge in [0.15, 0.2) is 0 Å². The van der Waals surface area contributed by atoms with Gasteiger partial charge in [-0.15, -0.1) is 0 Å². The molecule has 0 atom stereocenters. The minimum atomic E-state index is -0.354. The van der Waals surface area contributed by atoms with Crippen LogP contribution in [0.15, 0.2) is 0 Å². The van der Waals surface area contributed by atoms with Crippen molar-refractivity contribution >= 4 is 17.5 Å². The van der Waals surface area contributed by atoms with Crippen LogP contribution in [0, 0.1) is 6.92 Å². The molecule has 19 heavy (non-hydrogen) atoms. The normalized spacial score (nSPS) is 11.2. The molecule has 6 N–H and O–H groups in total. The third-order valence-corrected chi connectivity index (χ3v) is 2.62. The number of anilines is 2. The van der Waals surface area contributed by atoms with Crippen molar-refractivity contribution < 1.29 is 4.79 Å². The van der Waals surface area contributed by atoms with Crippen LogP contribution >= 0.6 is 0 Å². The van der Waals surface area contributed by atoms with Gasteiger partial charge in [-0.2, -0.15) is 0 Å². The van der Waals surface area contributed by atoms with Crippen LogP contribution in [0.5, 0.6) is 0 Å². The Kier molecular flexibility index (Phi) is 4.66. The van der Waals surface area contributed by atoms with Crippen molar-refractivity contribution in [3.63, 3.8) is 0 Å². The second-order valence-corrected chi connectivity index (χ2v) is 5.41. The topological polar surface area (TPSA) is 119 Å². The van der Waals surface area contributed by atoms with Crippen LogP contribution in [0.3, 0.4) is 0 Å². The summed E-state index contributed by atoms with van der Waals surface area (Å²) in [7, 11) is 0. The molecule has 0 saturated heterocycles. The van der Waals surface area contributed by atoms with E-state index in [4.69, 9.17) is 11.6 Å². The summed E-state index contributed by atoms with van der Waals surface area (Å²) in [6.45, 7) is 8.34. The van der Waals surface area contributed by atoms with Crippen LogP contribution in [-0.4, -0.2) is 22.4 Å². The first-order valence-corrected chi connectivity index (χ1v) is 6.13. The van der Waals surface area contributed by atoms with Crippen molar-refractivity contribution in [2.45, 2.75) is 39.5 Å². The molecule has 0 aliphatic rings. The Morgan fingerprint density at radius 2 is 1.84 bits per heavy atom. The maximum atomic E-state index is 10.7. The Bertz CT molecular complexity index is 466. The van der Waals surface area contributed by atoms with Crippen LogP contribution in [0.4, 0.5) is 11.6 Å². The summed E-state index contributed by atoms with van der Waals surface area (Å²) in [5.41, 5.74) is 8.28. The molecule has 1 heterocycles. The molecule has 0 radical (unpaired) electrons. The lowest BCUT2D eigenvalue weighted by Gasteiger charge is -2.20. The predicted octanol–water partition coefficient (Wildman–Crippen LogP) is 0.655. The molecule has 0 saturated carbocycles. The van der Waals surface area contributed by atoms with Crippen molar-refractivity contribution in [2.24, 2.45) is 11.6 Å². The maximum Gasteiger partial charge on any atom is 0.219 e. The standard InChI is InChI=1S/C12H22N6O/c1-7-9(15-6-5-8(13)19)16-11(12(2,3)4)17-10(7)18-14/h5-6,14H2,1-4H3,(H2,13,19)(H2,15,16,17,18). The number of nitrogens with one attached hydrogen (secondary N) is 2. The Morgan fingerprint density at radius 3 is 2.32 bits per heavy atom. The van der Waals surface area contributed by atoms with Gasteiger partial charge in [0, 0.05) is 23.9 Å². The fourth-order valence-electron chi connectivity index (χ4n) is 1.47. The number of carbonyl (C=O) groups is 1. The van der Waals surface area contributed by atoms with E-state index in [1.807, 2.05) is 27.7 Å². The number of hydrazine groups is 1. The number of primary amides is 1. The van der Waals surface area contributed by atoms with Crippen molar-refractivity contribution in [3.05, 3.63) is 11.4 Å². The molecule has 0 aliphatic heterocycles. The average Bonchev–Trinajstić information content (AvgIpc) is 2.29. The van der Waals surface area contributed by atoms with Gasteiger partial charge in [-0.05, 0) is 6.92 Å². The average molecular weight is 266 g/mol. The first kappa shape index (κ1) is 15.2. The lowest BCUT2D eigenvalue weighted by molar-refractivity contribution is -0.117. The van der Waals surface area contributed by atoms with Crippen molar-refractivity contribution in [1.29, 1.82) is 0 Å². The molecule has 0 unspecified atom stereocenters. The predicted molar refractivity (Wildman–Crippen MR) is 75.6 cm³/mol. The molecule has 1 aromatic rings. The minimum Gasteiger partial charge on any atom is -0.370 e. The summed E-state index contributed by atoms with van der Waals surface area (Å²) >= 11 is 0. The third kappa shape index (κ3) is 4.06. The summed E-state index contributed by atoms with van der Waals surface area (Å²) < 4.78 is 0. The van der Waals surface area contributed by atoms with E-state index in [2.05, 4.69) is 20.7 Å². The smallest absolute Gasteiger partial charge is 0.219 e. The number of aromatic nitrogens is 2. The highest BCUT2D eigenvalue weighted by molar-refractivity contribution is 5.74. The van der Waals surface area contributed by atoms with E-state index in [1.165, 1.54) is 0 Å². The van der Waals surface area contributed by atoms with E-state index in [-0.39, 0.29) is 17.7 Å². The number of nitrogens with zero attached hydrogens (tertiary/aromatic N) is 2. The number of hydrogen-bond acceptors (Lipinski definition) is 6. The highest BCUT2D eigenvalue weighted by Gasteiger charge is 2.20. The highest BCUT2D eigenvalue weighted by Crippen LogP contribution is 2.25. The third-order valence-electron chi connectivity index (χ3n) is 2.62. The molecule has 7 nitrogen and oxygen atoms in total. The Balaban J connectivity index is 3.04. The lowest BCUT2D eigenvalue weighted by atomic mass is 9.95. The van der Waals surface area contributed by atoms with E-state index in [9.17, 15) is 4.79 Å². The summed E-state index contributed by atoms with van der Waals surface area (Å²) in [5.74, 6) is 7.02. The molecule has 0 aromatic carbocycles. The monoisotopic (exact) mass is 266 g/mol. The molecular formula is C12H22N6O. The van der Waals surface area contributed by atoms with Gasteiger partial charge in [0.25, 0.3) is 0 Å². The van der Waals surface area contributed by atoms with Crippen LogP contribution in [0.2, 0.25) is 0 Å². The summed E-state index contributed by atoms with van der Waals surface area (Å²) in [5, 5.41) is 3.08. The van der Waals surface area contributed by atoms with Crippen molar-refractivity contribution in [2.75, 3.05) is 17.3 Å². The number of nitrogens with two attached hydrogens (primary N) is 2. The van der Waals surface area contributed by atoms with Gasteiger partial charge in [0.1, 0.15) is 17.5 Å². The summed E-state index contributed by atoms with van der Waals surface area (Å²) in [6, 6.07) is 0. The number of amides is 1. The lowest BCUT2D eigenvalue weighted by Crippen LogP contribution is -2.22. The fraction of sp³-hybridized carbons (Fsp3) is 0.583. The van der Waals surface area contributed by atoms with Crippen LogP contribution < -0.4 is 22.3 Å². The van der Waals surface area contributed by atoms with Gasteiger partial charge >= 0.3 is 0 Å². The molecule has 0 aliphatic carbocycles. The van der Waals surface area contributed by atoms with Gasteiger partial charge in [-0.25, -0.2) is 15.8 Å². The van der Waals surface area contributed by atoms with Gasteiger partial charge in [-0.1, -0.05) is 20.8 Å². The van der Waals surface area contributed by atoms with Crippen LogP contribution in [0.25, 0.3) is 0 Å². The zero-order valence-corrected chi connectivity index (χ0v) is 11.9. The SMILES string of the molecule is Cc1c(NN)nc(C(C)(C)C)nc1NCCC(N)=O. The fourth-order valence-corrected chi connectivity index (χ4v) is 1.47. The van der Waals surface area contributed by atoms with E-state index in [0.29, 0.717) is 24.0 Å². The van der Waals surface area contributed by atoms with E-state index < -0.39 is 0 Å². The maximum absolute atomic E-state index is 10.7. The molecule has 106 valence electrons. The number of hydrogen-bond donors (Lipinski definition) is 4. The van der Waals surface area contributed by atoms with Crippen molar-refractivity contribution in [1.82, 2.24) is 9.97 Å². The molecule has 7 heteroatoms. The van der Waals surface area contributed by atoms with Gasteiger partial charge in [0.05, 0.1) is 0 Å². The molecular weight excluding hydrogens is 244 g/mol. The zero-order valence-electron chi connectivity index (χ0n) is 11.9. The largest absolute Gasteiger partial charge is 0.370 e. The van der Waals surface area contributed by atoms with Gasteiger partial charge in [0.2, 0.25) is 5.91 Å².